The van der Waals surface area contributed by atoms with Crippen molar-refractivity contribution in [1.82, 2.24) is 0 Å². The van der Waals surface area contributed by atoms with E-state index in [2.05, 4.69) is 58.0 Å². The molecule has 0 bridgehead atoms. The lowest BCUT2D eigenvalue weighted by Crippen LogP contribution is -2.35. The molecule has 128 valence electrons. The van der Waals surface area contributed by atoms with Crippen molar-refractivity contribution in [3.05, 3.63) is 83.1 Å². The maximum atomic E-state index is 9.94. The number of hydrogen-bond acceptors (Lipinski definition) is 2. The molecule has 0 N–H and O–H groups in total. The lowest BCUT2D eigenvalue weighted by atomic mass is 9.72. The molecule has 0 amide bonds. The van der Waals surface area contributed by atoms with E-state index >= 15 is 0 Å². The van der Waals surface area contributed by atoms with E-state index in [4.69, 9.17) is 4.74 Å². The van der Waals surface area contributed by atoms with E-state index in [0.717, 1.165) is 28.9 Å². The summed E-state index contributed by atoms with van der Waals surface area (Å²) in [4.78, 5) is 0. The first-order valence-electron chi connectivity index (χ1n) is 8.90. The van der Waals surface area contributed by atoms with Crippen molar-refractivity contribution in [1.29, 1.82) is 5.26 Å². The molecule has 0 aliphatic carbocycles. The number of allylic oxidation sites excluding steroid dienone is 1. The van der Waals surface area contributed by atoms with E-state index in [1.807, 2.05) is 36.4 Å². The van der Waals surface area contributed by atoms with Gasteiger partial charge in [-0.05, 0) is 6.42 Å². The predicted octanol–water partition coefficient (Wildman–Crippen LogP) is 5.81. The monoisotopic (exact) mass is 331 g/mol. The van der Waals surface area contributed by atoms with Gasteiger partial charge < -0.3 is 4.74 Å². The fraction of sp³-hybridized carbons (Fsp3) is 0.348. The minimum absolute atomic E-state index is 0.00322. The van der Waals surface area contributed by atoms with Crippen LogP contribution in [0.2, 0.25) is 0 Å². The molecule has 0 spiro atoms. The molecule has 2 heteroatoms. The lowest BCUT2D eigenvalue weighted by molar-refractivity contribution is 0.00332. The second-order valence-electron chi connectivity index (χ2n) is 7.64. The topological polar surface area (TPSA) is 33.0 Å². The van der Waals surface area contributed by atoms with Crippen LogP contribution < -0.4 is 0 Å². The van der Waals surface area contributed by atoms with Gasteiger partial charge in [0.05, 0.1) is 11.6 Å². The molecule has 1 heterocycles. The predicted molar refractivity (Wildman–Crippen MR) is 101 cm³/mol. The smallest absolute Gasteiger partial charge is 0.166 e. The molecule has 0 radical (unpaired) electrons. The van der Waals surface area contributed by atoms with E-state index in [0.29, 0.717) is 0 Å². The molecule has 3 rings (SSSR count). The van der Waals surface area contributed by atoms with Crippen LogP contribution in [0.15, 0.2) is 72.0 Å². The highest BCUT2D eigenvalue weighted by molar-refractivity contribution is 5.48. The summed E-state index contributed by atoms with van der Waals surface area (Å²) in [6.07, 6.45) is 0.840. The van der Waals surface area contributed by atoms with Crippen LogP contribution in [-0.4, -0.2) is 0 Å². The van der Waals surface area contributed by atoms with Gasteiger partial charge in [-0.2, -0.15) is 5.26 Å². The van der Waals surface area contributed by atoms with E-state index in [-0.39, 0.29) is 11.3 Å². The molecular weight excluding hydrogens is 306 g/mol. The Bertz CT molecular complexity index is 767. The molecule has 1 aliphatic rings. The molecule has 2 nitrogen and oxygen atoms in total. The quantitative estimate of drug-likeness (QED) is 0.711. The second-order valence-corrected chi connectivity index (χ2v) is 7.64. The first-order chi connectivity index (χ1) is 11.9. The van der Waals surface area contributed by atoms with Gasteiger partial charge in [0.1, 0.15) is 5.76 Å². The molecule has 25 heavy (non-hydrogen) atoms. The molecule has 0 saturated carbocycles. The molecule has 1 aliphatic heterocycles. The van der Waals surface area contributed by atoms with Crippen LogP contribution in [0.4, 0.5) is 0 Å². The normalized spacial score (nSPS) is 19.4. The van der Waals surface area contributed by atoms with Gasteiger partial charge in [-0.15, -0.1) is 0 Å². The van der Waals surface area contributed by atoms with Crippen molar-refractivity contribution < 1.29 is 4.74 Å². The molecular formula is C23H25NO. The Morgan fingerprint density at radius 3 is 1.80 bits per heavy atom. The van der Waals surface area contributed by atoms with Crippen molar-refractivity contribution in [3.8, 4) is 6.07 Å². The first kappa shape index (κ1) is 17.3. The lowest BCUT2D eigenvalue weighted by Gasteiger charge is -2.37. The number of hydrogen-bond donors (Lipinski definition) is 0. The molecule has 0 fully saturated rings. The number of benzene rings is 2. The Balaban J connectivity index is 2.29. The van der Waals surface area contributed by atoms with Crippen molar-refractivity contribution in [2.75, 3.05) is 0 Å². The highest BCUT2D eigenvalue weighted by Gasteiger charge is 2.53. The van der Waals surface area contributed by atoms with Crippen LogP contribution >= 0.6 is 0 Å². The van der Waals surface area contributed by atoms with Crippen LogP contribution in [0.5, 0.6) is 0 Å². The molecule has 2 aromatic rings. The van der Waals surface area contributed by atoms with Crippen molar-refractivity contribution >= 4 is 0 Å². The Hall–Kier alpha value is -2.53. The van der Waals surface area contributed by atoms with Crippen LogP contribution in [0, 0.1) is 22.7 Å². The minimum Gasteiger partial charge on any atom is -0.480 e. The minimum atomic E-state index is -0.648. The van der Waals surface area contributed by atoms with Gasteiger partial charge in [-0.25, -0.2) is 0 Å². The summed E-state index contributed by atoms with van der Waals surface area (Å²) in [6, 6.07) is 23.1. The summed E-state index contributed by atoms with van der Waals surface area (Å²) in [7, 11) is 0. The number of nitriles is 1. The fourth-order valence-electron chi connectivity index (χ4n) is 3.88. The molecule has 2 aromatic carbocycles. The van der Waals surface area contributed by atoms with E-state index in [1.54, 1.807) is 0 Å². The Labute approximate surface area is 150 Å². The number of nitrogens with zero attached hydrogens (tertiary/aromatic N) is 1. The average Bonchev–Trinajstić information content (AvgIpc) is 2.99. The average molecular weight is 331 g/mol. The zero-order valence-corrected chi connectivity index (χ0v) is 15.4. The number of ether oxygens (including phenoxy) is 1. The summed E-state index contributed by atoms with van der Waals surface area (Å²) in [5.74, 6) is 0.811. The molecule has 0 aromatic heterocycles. The molecule has 1 atom stereocenters. The first-order valence-corrected chi connectivity index (χ1v) is 8.90. The standard InChI is InChI=1S/C23H25NO/c1-5-20-19(16-24)21(22(2,3)4)25-23(20,17-12-8-6-9-13-17)18-14-10-7-11-15-18/h6-15,20H,5H2,1-4H3. The van der Waals surface area contributed by atoms with E-state index in [1.165, 1.54) is 0 Å². The molecule has 1 unspecified atom stereocenters. The number of rotatable bonds is 3. The second kappa shape index (κ2) is 6.41. The maximum absolute atomic E-state index is 9.94. The summed E-state index contributed by atoms with van der Waals surface area (Å²) in [5.41, 5.74) is 2.11. The van der Waals surface area contributed by atoms with Gasteiger partial charge in [0.25, 0.3) is 0 Å². The van der Waals surface area contributed by atoms with E-state index in [9.17, 15) is 5.26 Å². The van der Waals surface area contributed by atoms with Gasteiger partial charge in [-0.1, -0.05) is 88.4 Å². The zero-order valence-electron chi connectivity index (χ0n) is 15.4. The molecule has 0 saturated heterocycles. The highest BCUT2D eigenvalue weighted by atomic mass is 16.5. The third-order valence-electron chi connectivity index (χ3n) is 4.96. The van der Waals surface area contributed by atoms with Gasteiger partial charge >= 0.3 is 0 Å². The van der Waals surface area contributed by atoms with Gasteiger partial charge in [0.15, 0.2) is 5.60 Å². The van der Waals surface area contributed by atoms with Gasteiger partial charge in [-0.3, -0.25) is 0 Å². The van der Waals surface area contributed by atoms with Crippen LogP contribution in [0.3, 0.4) is 0 Å². The van der Waals surface area contributed by atoms with Crippen molar-refractivity contribution in [2.45, 2.75) is 39.7 Å². The van der Waals surface area contributed by atoms with Crippen molar-refractivity contribution in [2.24, 2.45) is 11.3 Å². The Morgan fingerprint density at radius 1 is 0.960 bits per heavy atom. The Kier molecular flexibility index (Phi) is 4.43. The SMILES string of the molecule is CCC1C(C#N)=C(C(C)(C)C)OC1(c1ccccc1)c1ccccc1. The van der Waals surface area contributed by atoms with Crippen LogP contribution in [0.1, 0.15) is 45.2 Å². The third kappa shape index (κ3) is 2.74. The van der Waals surface area contributed by atoms with Crippen LogP contribution in [0.25, 0.3) is 0 Å². The summed E-state index contributed by atoms with van der Waals surface area (Å²) >= 11 is 0. The largest absolute Gasteiger partial charge is 0.480 e. The maximum Gasteiger partial charge on any atom is 0.166 e. The highest BCUT2D eigenvalue weighted by Crippen LogP contribution is 2.55. The van der Waals surface area contributed by atoms with Crippen molar-refractivity contribution in [3.63, 3.8) is 0 Å². The van der Waals surface area contributed by atoms with Crippen LogP contribution in [-0.2, 0) is 10.3 Å². The van der Waals surface area contributed by atoms with Gasteiger partial charge in [0, 0.05) is 22.5 Å². The fourth-order valence-corrected chi connectivity index (χ4v) is 3.88. The van der Waals surface area contributed by atoms with Gasteiger partial charge in [0.2, 0.25) is 0 Å². The third-order valence-corrected chi connectivity index (χ3v) is 4.96. The summed E-state index contributed by atoms with van der Waals surface area (Å²) in [5, 5.41) is 9.94. The Morgan fingerprint density at radius 2 is 1.44 bits per heavy atom. The summed E-state index contributed by atoms with van der Waals surface area (Å²) in [6.45, 7) is 8.47. The van der Waals surface area contributed by atoms with E-state index < -0.39 is 5.60 Å². The zero-order chi connectivity index (χ0) is 18.1. The summed E-state index contributed by atoms with van der Waals surface area (Å²) < 4.78 is 6.75.